The summed E-state index contributed by atoms with van der Waals surface area (Å²) >= 11 is 5.84. The molecule has 1 aromatic rings. The zero-order chi connectivity index (χ0) is 16.0. The van der Waals surface area contributed by atoms with Crippen LogP contribution in [0.25, 0.3) is 0 Å². The van der Waals surface area contributed by atoms with E-state index < -0.39 is 33.7 Å². The number of rotatable bonds is 7. The van der Waals surface area contributed by atoms with Crippen molar-refractivity contribution in [1.82, 2.24) is 5.32 Å². The van der Waals surface area contributed by atoms with Crippen LogP contribution in [0, 0.1) is 21.7 Å². The number of ether oxygens (including phenoxy) is 1. The molecule has 0 bridgehead atoms. The highest BCUT2D eigenvalue weighted by molar-refractivity contribution is 6.20. The van der Waals surface area contributed by atoms with Crippen LogP contribution in [-0.2, 0) is 4.74 Å². The Labute approximate surface area is 124 Å². The van der Waals surface area contributed by atoms with E-state index in [0.717, 1.165) is 0 Å². The lowest BCUT2D eigenvalue weighted by Crippen LogP contribution is -2.27. The molecule has 1 amide bonds. The van der Waals surface area contributed by atoms with Crippen molar-refractivity contribution in [3.8, 4) is 0 Å². The standard InChI is InChI=1S/C12H13ClF2N2O4/c1-21-6-7(13)2-3-16-12(18)8-4-9(14)10(15)5-11(8)17(19)20/h4-5,7H,2-3,6H2,1H3,(H,16,18). The molecule has 0 aliphatic carbocycles. The predicted octanol–water partition coefficient (Wildman–Crippen LogP) is 2.25. The Morgan fingerprint density at radius 2 is 2.10 bits per heavy atom. The normalized spacial score (nSPS) is 12.0. The molecule has 1 rings (SSSR count). The first-order chi connectivity index (χ1) is 9.86. The van der Waals surface area contributed by atoms with Crippen molar-refractivity contribution in [1.29, 1.82) is 0 Å². The molecule has 0 spiro atoms. The fourth-order valence-electron chi connectivity index (χ4n) is 1.57. The molecular formula is C12H13ClF2N2O4. The van der Waals surface area contributed by atoms with E-state index in [4.69, 9.17) is 16.3 Å². The van der Waals surface area contributed by atoms with Gasteiger partial charge in [-0.05, 0) is 12.5 Å². The number of hydrogen-bond acceptors (Lipinski definition) is 4. The van der Waals surface area contributed by atoms with Crippen molar-refractivity contribution >= 4 is 23.2 Å². The van der Waals surface area contributed by atoms with Crippen LogP contribution >= 0.6 is 11.6 Å². The van der Waals surface area contributed by atoms with Crippen LogP contribution in [0.2, 0.25) is 0 Å². The van der Waals surface area contributed by atoms with Crippen LogP contribution in [0.1, 0.15) is 16.8 Å². The second-order valence-electron chi connectivity index (χ2n) is 4.14. The summed E-state index contributed by atoms with van der Waals surface area (Å²) in [5.41, 5.74) is -1.34. The highest BCUT2D eigenvalue weighted by atomic mass is 35.5. The van der Waals surface area contributed by atoms with Gasteiger partial charge in [0.05, 0.1) is 23.0 Å². The van der Waals surface area contributed by atoms with E-state index in [0.29, 0.717) is 18.6 Å². The van der Waals surface area contributed by atoms with Crippen molar-refractivity contribution < 1.29 is 23.2 Å². The smallest absolute Gasteiger partial charge is 0.285 e. The Hall–Kier alpha value is -1.80. The third-order valence-electron chi connectivity index (χ3n) is 2.57. The quantitative estimate of drug-likeness (QED) is 0.474. The number of amides is 1. The number of methoxy groups -OCH3 is 1. The Kier molecular flexibility index (Phi) is 6.44. The van der Waals surface area contributed by atoms with Gasteiger partial charge >= 0.3 is 0 Å². The number of alkyl halides is 1. The summed E-state index contributed by atoms with van der Waals surface area (Å²) in [7, 11) is 1.47. The van der Waals surface area contributed by atoms with Crippen molar-refractivity contribution in [3.63, 3.8) is 0 Å². The number of nitro groups is 1. The lowest BCUT2D eigenvalue weighted by atomic mass is 10.1. The summed E-state index contributed by atoms with van der Waals surface area (Å²) < 4.78 is 30.9. The van der Waals surface area contributed by atoms with Crippen LogP contribution < -0.4 is 5.32 Å². The van der Waals surface area contributed by atoms with Crippen LogP contribution in [0.3, 0.4) is 0 Å². The predicted molar refractivity (Wildman–Crippen MR) is 71.5 cm³/mol. The number of nitrogens with zero attached hydrogens (tertiary/aromatic N) is 1. The van der Waals surface area contributed by atoms with Crippen molar-refractivity contribution in [2.45, 2.75) is 11.8 Å². The van der Waals surface area contributed by atoms with Gasteiger partial charge in [0.2, 0.25) is 0 Å². The first-order valence-corrected chi connectivity index (χ1v) is 6.35. The van der Waals surface area contributed by atoms with Gasteiger partial charge < -0.3 is 10.1 Å². The molecule has 0 fully saturated rings. The molecule has 116 valence electrons. The summed E-state index contributed by atoms with van der Waals surface area (Å²) in [4.78, 5) is 21.6. The molecule has 0 aliphatic heterocycles. The number of halogens is 3. The second-order valence-corrected chi connectivity index (χ2v) is 4.75. The maximum atomic E-state index is 13.1. The van der Waals surface area contributed by atoms with Gasteiger partial charge in [0.25, 0.3) is 11.6 Å². The van der Waals surface area contributed by atoms with E-state index in [9.17, 15) is 23.7 Å². The monoisotopic (exact) mass is 322 g/mol. The minimum Gasteiger partial charge on any atom is -0.383 e. The van der Waals surface area contributed by atoms with Gasteiger partial charge in [-0.15, -0.1) is 11.6 Å². The van der Waals surface area contributed by atoms with Gasteiger partial charge in [-0.2, -0.15) is 0 Å². The van der Waals surface area contributed by atoms with Crippen molar-refractivity contribution in [2.24, 2.45) is 0 Å². The Balaban J connectivity index is 2.78. The van der Waals surface area contributed by atoms with Crippen LogP contribution in [0.15, 0.2) is 12.1 Å². The summed E-state index contributed by atoms with van der Waals surface area (Å²) in [5.74, 6) is -3.60. The Morgan fingerprint density at radius 3 is 2.67 bits per heavy atom. The number of benzene rings is 1. The molecule has 1 aromatic carbocycles. The Morgan fingerprint density at radius 1 is 1.48 bits per heavy atom. The molecule has 6 nitrogen and oxygen atoms in total. The highest BCUT2D eigenvalue weighted by Gasteiger charge is 2.23. The number of nitrogens with one attached hydrogen (secondary N) is 1. The lowest BCUT2D eigenvalue weighted by molar-refractivity contribution is -0.385. The summed E-state index contributed by atoms with van der Waals surface area (Å²) in [6.45, 7) is 0.398. The largest absolute Gasteiger partial charge is 0.383 e. The molecule has 1 N–H and O–H groups in total. The molecule has 21 heavy (non-hydrogen) atoms. The second kappa shape index (κ2) is 7.84. The maximum absolute atomic E-state index is 13.1. The molecule has 1 unspecified atom stereocenters. The number of carbonyl (C=O) groups excluding carboxylic acids is 1. The van der Waals surface area contributed by atoms with Crippen LogP contribution in [0.4, 0.5) is 14.5 Å². The van der Waals surface area contributed by atoms with Crippen LogP contribution in [-0.4, -0.2) is 36.5 Å². The topological polar surface area (TPSA) is 81.5 Å². The lowest BCUT2D eigenvalue weighted by Gasteiger charge is -2.09. The molecular weight excluding hydrogens is 310 g/mol. The average molecular weight is 323 g/mol. The molecule has 1 atom stereocenters. The van der Waals surface area contributed by atoms with E-state index >= 15 is 0 Å². The average Bonchev–Trinajstić information content (AvgIpc) is 2.41. The minimum absolute atomic E-state index is 0.118. The van der Waals surface area contributed by atoms with Crippen molar-refractivity contribution in [2.75, 3.05) is 20.3 Å². The van der Waals surface area contributed by atoms with E-state index in [1.807, 2.05) is 0 Å². The number of carbonyl (C=O) groups is 1. The van der Waals surface area contributed by atoms with E-state index in [-0.39, 0.29) is 18.5 Å². The molecule has 0 aromatic heterocycles. The molecule has 0 radical (unpaired) electrons. The Bertz CT molecular complexity index is 542. The van der Waals surface area contributed by atoms with Gasteiger partial charge in [-0.25, -0.2) is 8.78 Å². The molecule has 0 saturated heterocycles. The van der Waals surface area contributed by atoms with Crippen LogP contribution in [0.5, 0.6) is 0 Å². The summed E-state index contributed by atoms with van der Waals surface area (Å²) in [6.07, 6.45) is 0.360. The van der Waals surface area contributed by atoms with Gasteiger partial charge in [0.1, 0.15) is 5.56 Å². The van der Waals surface area contributed by atoms with Gasteiger partial charge in [0.15, 0.2) is 11.6 Å². The first kappa shape index (κ1) is 17.3. The first-order valence-electron chi connectivity index (χ1n) is 5.91. The third-order valence-corrected chi connectivity index (χ3v) is 2.91. The van der Waals surface area contributed by atoms with Gasteiger partial charge in [0, 0.05) is 13.7 Å². The molecule has 0 heterocycles. The zero-order valence-corrected chi connectivity index (χ0v) is 11.8. The van der Waals surface area contributed by atoms with Crippen molar-refractivity contribution in [3.05, 3.63) is 39.4 Å². The third kappa shape index (κ3) is 4.91. The minimum atomic E-state index is -1.39. The summed E-state index contributed by atoms with van der Waals surface area (Å²) in [6, 6.07) is 0.871. The highest BCUT2D eigenvalue weighted by Crippen LogP contribution is 2.22. The summed E-state index contributed by atoms with van der Waals surface area (Å²) in [5, 5.41) is 12.8. The molecule has 9 heteroatoms. The maximum Gasteiger partial charge on any atom is 0.285 e. The zero-order valence-electron chi connectivity index (χ0n) is 11.1. The number of hydrogen-bond donors (Lipinski definition) is 1. The SMILES string of the molecule is COCC(Cl)CCNC(=O)c1cc(F)c(F)cc1[N+](=O)[O-]. The fraction of sp³-hybridized carbons (Fsp3) is 0.417. The molecule has 0 saturated carbocycles. The number of nitro benzene ring substituents is 1. The van der Waals surface area contributed by atoms with E-state index in [1.165, 1.54) is 7.11 Å². The molecule has 0 aliphatic rings. The van der Waals surface area contributed by atoms with Gasteiger partial charge in [-0.1, -0.05) is 0 Å². The van der Waals surface area contributed by atoms with E-state index in [1.54, 1.807) is 0 Å². The van der Waals surface area contributed by atoms with Gasteiger partial charge in [-0.3, -0.25) is 14.9 Å². The fourth-order valence-corrected chi connectivity index (χ4v) is 1.81. The van der Waals surface area contributed by atoms with E-state index in [2.05, 4.69) is 5.32 Å².